The van der Waals surface area contributed by atoms with E-state index in [2.05, 4.69) is 40.4 Å². The molecule has 0 radical (unpaired) electrons. The van der Waals surface area contributed by atoms with Crippen molar-refractivity contribution in [2.45, 2.75) is 20.8 Å². The van der Waals surface area contributed by atoms with Crippen LogP contribution >= 0.6 is 28.1 Å². The van der Waals surface area contributed by atoms with Crippen molar-refractivity contribution >= 4 is 44.9 Å². The van der Waals surface area contributed by atoms with Gasteiger partial charge in [0.2, 0.25) is 0 Å². The molecule has 1 amide bonds. The topological polar surface area (TPSA) is 59.6 Å². The summed E-state index contributed by atoms with van der Waals surface area (Å²) in [7, 11) is 0. The maximum atomic E-state index is 12.6. The van der Waals surface area contributed by atoms with Crippen LogP contribution in [0.5, 0.6) is 11.5 Å². The van der Waals surface area contributed by atoms with Crippen LogP contribution in [0.2, 0.25) is 0 Å². The van der Waals surface area contributed by atoms with E-state index in [9.17, 15) is 4.79 Å². The van der Waals surface area contributed by atoms with E-state index in [-0.39, 0.29) is 11.0 Å². The van der Waals surface area contributed by atoms with Gasteiger partial charge in [0.25, 0.3) is 5.91 Å². The number of amides is 1. The van der Waals surface area contributed by atoms with Gasteiger partial charge in [0.05, 0.1) is 24.5 Å². The molecular formula is C20H23BrN2O3S. The van der Waals surface area contributed by atoms with Gasteiger partial charge in [-0.05, 0) is 55.4 Å². The minimum atomic E-state index is -0.349. The van der Waals surface area contributed by atoms with Gasteiger partial charge in [-0.15, -0.1) is 0 Å². The quantitative estimate of drug-likeness (QED) is 0.580. The summed E-state index contributed by atoms with van der Waals surface area (Å²) in [5.74, 6) is 1.23. The van der Waals surface area contributed by atoms with E-state index < -0.39 is 0 Å². The number of para-hydroxylation sites is 2. The third-order valence-electron chi connectivity index (χ3n) is 3.42. The second kappa shape index (κ2) is 10.3. The summed E-state index contributed by atoms with van der Waals surface area (Å²) >= 11 is 8.67. The normalized spacial score (nSPS) is 10.4. The van der Waals surface area contributed by atoms with Crippen molar-refractivity contribution in [1.82, 2.24) is 5.32 Å². The Labute approximate surface area is 173 Å². The molecule has 0 atom stereocenters. The van der Waals surface area contributed by atoms with Crippen molar-refractivity contribution in [2.24, 2.45) is 5.92 Å². The number of hydrogen-bond acceptors (Lipinski definition) is 4. The van der Waals surface area contributed by atoms with Gasteiger partial charge in [-0.2, -0.15) is 0 Å². The predicted molar refractivity (Wildman–Crippen MR) is 116 cm³/mol. The van der Waals surface area contributed by atoms with Gasteiger partial charge in [0.1, 0.15) is 11.5 Å². The van der Waals surface area contributed by atoms with Crippen molar-refractivity contribution in [3.8, 4) is 11.5 Å². The Kier molecular flexibility index (Phi) is 8.06. The lowest BCUT2D eigenvalue weighted by molar-refractivity contribution is 0.0974. The van der Waals surface area contributed by atoms with Crippen LogP contribution in [0.4, 0.5) is 5.69 Å². The van der Waals surface area contributed by atoms with Gasteiger partial charge < -0.3 is 14.8 Å². The first-order valence-corrected chi connectivity index (χ1v) is 9.87. The molecule has 0 bridgehead atoms. The SMILES string of the molecule is CCOc1ccc(Br)cc1C(=O)NC(=S)Nc1ccccc1OCC(C)C. The van der Waals surface area contributed by atoms with Crippen molar-refractivity contribution in [3.05, 3.63) is 52.5 Å². The second-order valence-corrected chi connectivity index (χ2v) is 7.51. The third kappa shape index (κ3) is 6.52. The van der Waals surface area contributed by atoms with Crippen LogP contribution in [-0.2, 0) is 0 Å². The lowest BCUT2D eigenvalue weighted by Crippen LogP contribution is -2.34. The second-order valence-electron chi connectivity index (χ2n) is 6.18. The fourth-order valence-electron chi connectivity index (χ4n) is 2.24. The van der Waals surface area contributed by atoms with Gasteiger partial charge >= 0.3 is 0 Å². The Hall–Kier alpha value is -2.12. The van der Waals surface area contributed by atoms with E-state index >= 15 is 0 Å². The van der Waals surface area contributed by atoms with Gasteiger partial charge in [0, 0.05) is 4.47 Å². The minimum absolute atomic E-state index is 0.183. The number of carbonyl (C=O) groups is 1. The summed E-state index contributed by atoms with van der Waals surface area (Å²) in [6, 6.07) is 12.7. The molecule has 27 heavy (non-hydrogen) atoms. The van der Waals surface area contributed by atoms with E-state index in [1.54, 1.807) is 12.1 Å². The first kappa shape index (κ1) is 21.2. The Morgan fingerprint density at radius 1 is 1.15 bits per heavy atom. The summed E-state index contributed by atoms with van der Waals surface area (Å²) in [4.78, 5) is 12.6. The van der Waals surface area contributed by atoms with Crippen LogP contribution in [0.15, 0.2) is 46.9 Å². The van der Waals surface area contributed by atoms with Crippen molar-refractivity contribution in [3.63, 3.8) is 0 Å². The number of thiocarbonyl (C=S) groups is 1. The number of anilines is 1. The summed E-state index contributed by atoms with van der Waals surface area (Å²) in [6.07, 6.45) is 0. The first-order valence-electron chi connectivity index (χ1n) is 8.67. The molecule has 0 aromatic heterocycles. The van der Waals surface area contributed by atoms with Crippen LogP contribution in [0.1, 0.15) is 31.1 Å². The standard InChI is InChI=1S/C20H23BrN2O3S/c1-4-25-17-10-9-14(21)11-15(17)19(24)23-20(27)22-16-7-5-6-8-18(16)26-12-13(2)3/h5-11,13H,4,12H2,1-3H3,(H2,22,23,24,27). The highest BCUT2D eigenvalue weighted by Crippen LogP contribution is 2.25. The third-order valence-corrected chi connectivity index (χ3v) is 4.12. The van der Waals surface area contributed by atoms with Crippen LogP contribution in [0.25, 0.3) is 0 Å². The average Bonchev–Trinajstić information content (AvgIpc) is 2.62. The number of carbonyl (C=O) groups excluding carboxylic acids is 1. The first-order chi connectivity index (χ1) is 12.9. The Bertz CT molecular complexity index is 812. The molecule has 2 N–H and O–H groups in total. The van der Waals surface area contributed by atoms with E-state index in [0.29, 0.717) is 41.9 Å². The fourth-order valence-corrected chi connectivity index (χ4v) is 2.80. The molecule has 0 heterocycles. The number of benzene rings is 2. The van der Waals surface area contributed by atoms with Gasteiger partial charge in [-0.25, -0.2) is 0 Å². The molecule has 0 aliphatic carbocycles. The van der Waals surface area contributed by atoms with E-state index in [0.717, 1.165) is 4.47 Å². The monoisotopic (exact) mass is 450 g/mol. The van der Waals surface area contributed by atoms with E-state index in [1.165, 1.54) is 0 Å². The number of rotatable bonds is 7. The molecule has 0 saturated heterocycles. The van der Waals surface area contributed by atoms with Gasteiger partial charge in [-0.1, -0.05) is 41.9 Å². The predicted octanol–water partition coefficient (Wildman–Crippen LogP) is 5.01. The molecule has 5 nitrogen and oxygen atoms in total. The number of hydrogen-bond donors (Lipinski definition) is 2. The number of halogens is 1. The van der Waals surface area contributed by atoms with Crippen molar-refractivity contribution in [2.75, 3.05) is 18.5 Å². The van der Waals surface area contributed by atoms with Crippen molar-refractivity contribution < 1.29 is 14.3 Å². The number of nitrogens with one attached hydrogen (secondary N) is 2. The molecule has 144 valence electrons. The Balaban J connectivity index is 2.08. The molecule has 2 aromatic carbocycles. The maximum Gasteiger partial charge on any atom is 0.261 e. The minimum Gasteiger partial charge on any atom is -0.493 e. The lowest BCUT2D eigenvalue weighted by Gasteiger charge is -2.16. The molecule has 0 saturated carbocycles. The molecular weight excluding hydrogens is 428 g/mol. The molecule has 2 rings (SSSR count). The zero-order chi connectivity index (χ0) is 19.8. The van der Waals surface area contributed by atoms with Crippen LogP contribution < -0.4 is 20.1 Å². The highest BCUT2D eigenvalue weighted by Gasteiger charge is 2.15. The summed E-state index contributed by atoms with van der Waals surface area (Å²) in [5, 5.41) is 5.89. The zero-order valence-electron chi connectivity index (χ0n) is 15.5. The average molecular weight is 451 g/mol. The molecule has 2 aromatic rings. The lowest BCUT2D eigenvalue weighted by atomic mass is 10.2. The summed E-state index contributed by atoms with van der Waals surface area (Å²) in [6.45, 7) is 7.08. The molecule has 0 aliphatic rings. The van der Waals surface area contributed by atoms with E-state index in [1.807, 2.05) is 37.3 Å². The smallest absolute Gasteiger partial charge is 0.261 e. The molecule has 0 unspecified atom stereocenters. The molecule has 7 heteroatoms. The molecule has 0 spiro atoms. The Morgan fingerprint density at radius 3 is 2.59 bits per heavy atom. The maximum absolute atomic E-state index is 12.6. The van der Waals surface area contributed by atoms with Gasteiger partial charge in [0.15, 0.2) is 5.11 Å². The van der Waals surface area contributed by atoms with Crippen molar-refractivity contribution in [1.29, 1.82) is 0 Å². The van der Waals surface area contributed by atoms with Crippen LogP contribution in [0.3, 0.4) is 0 Å². The molecule has 0 fully saturated rings. The Morgan fingerprint density at radius 2 is 1.89 bits per heavy atom. The van der Waals surface area contributed by atoms with Crippen LogP contribution in [0, 0.1) is 5.92 Å². The summed E-state index contributed by atoms with van der Waals surface area (Å²) < 4.78 is 12.1. The number of ether oxygens (including phenoxy) is 2. The summed E-state index contributed by atoms with van der Waals surface area (Å²) in [5.41, 5.74) is 1.10. The van der Waals surface area contributed by atoms with E-state index in [4.69, 9.17) is 21.7 Å². The highest BCUT2D eigenvalue weighted by molar-refractivity contribution is 9.10. The zero-order valence-corrected chi connectivity index (χ0v) is 17.9. The van der Waals surface area contributed by atoms with Gasteiger partial charge in [-0.3, -0.25) is 10.1 Å². The largest absolute Gasteiger partial charge is 0.493 e. The fraction of sp³-hybridized carbons (Fsp3) is 0.300. The molecule has 0 aliphatic heterocycles. The van der Waals surface area contributed by atoms with Crippen LogP contribution in [-0.4, -0.2) is 24.2 Å². The highest BCUT2D eigenvalue weighted by atomic mass is 79.9.